The van der Waals surface area contributed by atoms with Crippen molar-refractivity contribution in [2.24, 2.45) is 11.8 Å². The van der Waals surface area contributed by atoms with E-state index in [2.05, 4.69) is 13.8 Å². The predicted molar refractivity (Wildman–Crippen MR) is 60.2 cm³/mol. The van der Waals surface area contributed by atoms with E-state index in [1.807, 2.05) is 13.8 Å². The summed E-state index contributed by atoms with van der Waals surface area (Å²) in [7, 11) is 0. The lowest BCUT2D eigenvalue weighted by Gasteiger charge is -2.29. The van der Waals surface area contributed by atoms with Crippen LogP contribution < -0.4 is 0 Å². The van der Waals surface area contributed by atoms with Crippen molar-refractivity contribution in [2.75, 3.05) is 0 Å². The van der Waals surface area contributed by atoms with E-state index in [0.29, 0.717) is 11.8 Å². The largest absolute Gasteiger partial charge is 0.393 e. The average molecular weight is 202 g/mol. The highest BCUT2D eigenvalue weighted by Gasteiger charge is 2.24. The van der Waals surface area contributed by atoms with Crippen LogP contribution in [0.4, 0.5) is 0 Å². The summed E-state index contributed by atoms with van der Waals surface area (Å²) >= 11 is 0. The van der Waals surface area contributed by atoms with Gasteiger partial charge in [0.2, 0.25) is 0 Å². The second kappa shape index (κ2) is 7.24. The van der Waals surface area contributed by atoms with Crippen LogP contribution in [0.5, 0.6) is 0 Å². The van der Waals surface area contributed by atoms with Crippen molar-refractivity contribution in [3.63, 3.8) is 0 Å². The summed E-state index contributed by atoms with van der Waals surface area (Å²) in [5, 5.41) is 19.2. The number of aliphatic hydroxyl groups excluding tert-OH is 2. The maximum absolute atomic E-state index is 9.62. The molecule has 4 unspecified atom stereocenters. The van der Waals surface area contributed by atoms with Crippen LogP contribution in [0.3, 0.4) is 0 Å². The Balaban J connectivity index is 4.21. The van der Waals surface area contributed by atoms with E-state index in [1.165, 1.54) is 0 Å². The molecule has 0 fully saturated rings. The van der Waals surface area contributed by atoms with Crippen molar-refractivity contribution in [3.8, 4) is 0 Å². The van der Waals surface area contributed by atoms with E-state index < -0.39 is 0 Å². The van der Waals surface area contributed by atoms with Crippen molar-refractivity contribution < 1.29 is 10.2 Å². The van der Waals surface area contributed by atoms with Gasteiger partial charge in [-0.3, -0.25) is 0 Å². The first kappa shape index (κ1) is 13.9. The summed E-state index contributed by atoms with van der Waals surface area (Å²) in [5.41, 5.74) is 0. The molecule has 0 aromatic heterocycles. The summed E-state index contributed by atoms with van der Waals surface area (Å²) in [6.07, 6.45) is 3.22. The van der Waals surface area contributed by atoms with E-state index in [0.717, 1.165) is 25.7 Å². The molecule has 86 valence electrons. The van der Waals surface area contributed by atoms with Gasteiger partial charge in [0.05, 0.1) is 12.2 Å². The lowest BCUT2D eigenvalue weighted by Crippen LogP contribution is -2.27. The molecule has 0 saturated carbocycles. The highest BCUT2D eigenvalue weighted by molar-refractivity contribution is 4.74. The van der Waals surface area contributed by atoms with Gasteiger partial charge >= 0.3 is 0 Å². The zero-order chi connectivity index (χ0) is 11.1. The first-order valence-corrected chi connectivity index (χ1v) is 5.92. The fraction of sp³-hybridized carbons (Fsp3) is 1.00. The number of hydrogen-bond donors (Lipinski definition) is 2. The Labute approximate surface area is 88.3 Å². The minimum atomic E-state index is -0.256. The Bertz CT molecular complexity index is 134. The van der Waals surface area contributed by atoms with Gasteiger partial charge in [0.1, 0.15) is 0 Å². The molecule has 0 aromatic rings. The zero-order valence-corrected chi connectivity index (χ0v) is 10.0. The highest BCUT2D eigenvalue weighted by Crippen LogP contribution is 2.27. The van der Waals surface area contributed by atoms with Crippen LogP contribution >= 0.6 is 0 Å². The van der Waals surface area contributed by atoms with E-state index in [9.17, 15) is 10.2 Å². The summed E-state index contributed by atoms with van der Waals surface area (Å²) in [5.74, 6) is 0.788. The highest BCUT2D eigenvalue weighted by atomic mass is 16.3. The molecule has 0 aromatic carbocycles. The fourth-order valence-corrected chi connectivity index (χ4v) is 2.23. The smallest absolute Gasteiger partial charge is 0.0542 e. The van der Waals surface area contributed by atoms with Crippen molar-refractivity contribution in [1.82, 2.24) is 0 Å². The molecule has 0 amide bonds. The van der Waals surface area contributed by atoms with Gasteiger partial charge in [0.15, 0.2) is 0 Å². The van der Waals surface area contributed by atoms with E-state index in [4.69, 9.17) is 0 Å². The molecule has 4 atom stereocenters. The van der Waals surface area contributed by atoms with Crippen LogP contribution in [0.1, 0.15) is 53.4 Å². The van der Waals surface area contributed by atoms with Crippen molar-refractivity contribution in [3.05, 3.63) is 0 Å². The molecular weight excluding hydrogens is 176 g/mol. The molecule has 0 aliphatic carbocycles. The molecule has 2 nitrogen and oxygen atoms in total. The van der Waals surface area contributed by atoms with Crippen molar-refractivity contribution in [1.29, 1.82) is 0 Å². The third-order valence-electron chi connectivity index (χ3n) is 3.27. The zero-order valence-electron chi connectivity index (χ0n) is 10.0. The SMILES string of the molecule is CCC(O)CC(CC)C(CC)C(C)O. The van der Waals surface area contributed by atoms with Crippen LogP contribution in [0.15, 0.2) is 0 Å². The number of hydrogen-bond acceptors (Lipinski definition) is 2. The fourth-order valence-electron chi connectivity index (χ4n) is 2.23. The van der Waals surface area contributed by atoms with Gasteiger partial charge in [-0.1, -0.05) is 33.6 Å². The standard InChI is InChI=1S/C12H26O2/c1-5-10(8-11(14)6-2)12(7-3)9(4)13/h9-14H,5-8H2,1-4H3. The van der Waals surface area contributed by atoms with Gasteiger partial charge in [0.25, 0.3) is 0 Å². The molecule has 2 heteroatoms. The molecule has 0 rings (SSSR count). The Morgan fingerprint density at radius 1 is 0.929 bits per heavy atom. The third-order valence-corrected chi connectivity index (χ3v) is 3.27. The maximum atomic E-state index is 9.62. The van der Waals surface area contributed by atoms with Crippen LogP contribution in [0.2, 0.25) is 0 Å². The molecule has 2 N–H and O–H groups in total. The molecule has 0 bridgehead atoms. The normalized spacial score (nSPS) is 20.1. The van der Waals surface area contributed by atoms with E-state index in [1.54, 1.807) is 0 Å². The first-order valence-electron chi connectivity index (χ1n) is 5.92. The molecule has 0 spiro atoms. The van der Waals surface area contributed by atoms with Gasteiger partial charge in [-0.05, 0) is 31.6 Å². The average Bonchev–Trinajstić information content (AvgIpc) is 2.16. The predicted octanol–water partition coefficient (Wildman–Crippen LogP) is 2.58. The summed E-state index contributed by atoms with van der Waals surface area (Å²) in [4.78, 5) is 0. The van der Waals surface area contributed by atoms with Crippen LogP contribution in [-0.2, 0) is 0 Å². The minimum Gasteiger partial charge on any atom is -0.393 e. The molecule has 0 radical (unpaired) electrons. The van der Waals surface area contributed by atoms with Gasteiger partial charge in [-0.2, -0.15) is 0 Å². The molecular formula is C12H26O2. The van der Waals surface area contributed by atoms with Crippen molar-refractivity contribution >= 4 is 0 Å². The Morgan fingerprint density at radius 2 is 1.50 bits per heavy atom. The van der Waals surface area contributed by atoms with Gasteiger partial charge in [-0.15, -0.1) is 0 Å². The number of aliphatic hydroxyl groups is 2. The lowest BCUT2D eigenvalue weighted by atomic mass is 9.80. The molecule has 0 heterocycles. The minimum absolute atomic E-state index is 0.201. The topological polar surface area (TPSA) is 40.5 Å². The summed E-state index contributed by atoms with van der Waals surface area (Å²) in [6, 6.07) is 0. The monoisotopic (exact) mass is 202 g/mol. The van der Waals surface area contributed by atoms with Gasteiger partial charge in [-0.25, -0.2) is 0 Å². The second-order valence-electron chi connectivity index (χ2n) is 4.28. The van der Waals surface area contributed by atoms with E-state index in [-0.39, 0.29) is 12.2 Å². The van der Waals surface area contributed by atoms with Crippen LogP contribution in [0, 0.1) is 11.8 Å². The van der Waals surface area contributed by atoms with Crippen LogP contribution in [-0.4, -0.2) is 22.4 Å². The second-order valence-corrected chi connectivity index (χ2v) is 4.28. The Morgan fingerprint density at radius 3 is 1.79 bits per heavy atom. The lowest BCUT2D eigenvalue weighted by molar-refractivity contribution is 0.0519. The Kier molecular flexibility index (Phi) is 7.20. The van der Waals surface area contributed by atoms with Crippen LogP contribution in [0.25, 0.3) is 0 Å². The van der Waals surface area contributed by atoms with E-state index >= 15 is 0 Å². The summed E-state index contributed by atoms with van der Waals surface area (Å²) < 4.78 is 0. The maximum Gasteiger partial charge on any atom is 0.0542 e. The number of rotatable bonds is 7. The molecule has 0 aliphatic heterocycles. The third kappa shape index (κ3) is 4.43. The van der Waals surface area contributed by atoms with Gasteiger partial charge in [0, 0.05) is 0 Å². The quantitative estimate of drug-likeness (QED) is 0.666. The molecule has 0 saturated heterocycles. The summed E-state index contributed by atoms with van der Waals surface area (Å²) in [6.45, 7) is 8.10. The van der Waals surface area contributed by atoms with Crippen molar-refractivity contribution in [2.45, 2.75) is 65.6 Å². The Hall–Kier alpha value is -0.0800. The molecule has 14 heavy (non-hydrogen) atoms. The first-order chi connectivity index (χ1) is 6.56. The van der Waals surface area contributed by atoms with Gasteiger partial charge < -0.3 is 10.2 Å². The molecule has 0 aliphatic rings.